The van der Waals surface area contributed by atoms with E-state index in [1.54, 1.807) is 0 Å². The number of carbonyl (C=O) groups excluding carboxylic acids is 1. The summed E-state index contributed by atoms with van der Waals surface area (Å²) in [4.78, 5) is 12.2. The molecule has 0 radical (unpaired) electrons. The maximum Gasteiger partial charge on any atom is 0.220 e. The first-order valence-electron chi connectivity index (χ1n) is 7.74. The number of hydrogen-bond donors (Lipinski definition) is 2. The van der Waals surface area contributed by atoms with Crippen molar-refractivity contribution in [3.63, 3.8) is 0 Å². The zero-order chi connectivity index (χ0) is 13.6. The molecule has 0 aromatic carbocycles. The van der Waals surface area contributed by atoms with Gasteiger partial charge in [0.05, 0.1) is 12.1 Å². The lowest BCUT2D eigenvalue weighted by Gasteiger charge is -2.36. The molecule has 2 rings (SSSR count). The van der Waals surface area contributed by atoms with Crippen LogP contribution in [0.15, 0.2) is 0 Å². The zero-order valence-corrected chi connectivity index (χ0v) is 11.8. The smallest absolute Gasteiger partial charge is 0.220 e. The molecule has 0 aromatic rings. The summed E-state index contributed by atoms with van der Waals surface area (Å²) >= 11 is 0. The minimum absolute atomic E-state index is 0.0206. The van der Waals surface area contributed by atoms with Gasteiger partial charge < -0.3 is 15.2 Å². The summed E-state index contributed by atoms with van der Waals surface area (Å²) in [6, 6.07) is 0. The van der Waals surface area contributed by atoms with Gasteiger partial charge in [0.25, 0.3) is 0 Å². The van der Waals surface area contributed by atoms with Crippen LogP contribution < -0.4 is 5.32 Å². The molecule has 1 heterocycles. The van der Waals surface area contributed by atoms with Gasteiger partial charge in [0.2, 0.25) is 5.91 Å². The predicted octanol–water partition coefficient (Wildman–Crippen LogP) is 2.00. The topological polar surface area (TPSA) is 58.6 Å². The fourth-order valence-corrected chi connectivity index (χ4v) is 3.26. The molecule has 1 amide bonds. The maximum absolute atomic E-state index is 12.2. The summed E-state index contributed by atoms with van der Waals surface area (Å²) in [6.07, 6.45) is 9.59. The Morgan fingerprint density at radius 2 is 1.79 bits per heavy atom. The number of nitrogens with one attached hydrogen (secondary N) is 1. The number of amides is 1. The van der Waals surface area contributed by atoms with Gasteiger partial charge in [0.1, 0.15) is 0 Å². The fraction of sp³-hybridized carbons (Fsp3) is 0.933. The van der Waals surface area contributed by atoms with Gasteiger partial charge in [0.15, 0.2) is 0 Å². The highest BCUT2D eigenvalue weighted by Gasteiger charge is 2.33. The Kier molecular flexibility index (Phi) is 5.64. The molecular weight excluding hydrogens is 242 g/mol. The standard InChI is InChI=1S/C15H27NO3/c17-12-15(7-9-19-10-8-15)16-14(18)11-13-5-3-1-2-4-6-13/h13,17H,1-12H2,(H,16,18). The molecule has 4 nitrogen and oxygen atoms in total. The van der Waals surface area contributed by atoms with E-state index in [1.165, 1.54) is 38.5 Å². The number of hydrogen-bond acceptors (Lipinski definition) is 3. The molecule has 2 fully saturated rings. The van der Waals surface area contributed by atoms with Gasteiger partial charge in [-0.05, 0) is 31.6 Å². The first-order chi connectivity index (χ1) is 9.24. The molecule has 1 aliphatic heterocycles. The average molecular weight is 269 g/mol. The molecule has 110 valence electrons. The minimum atomic E-state index is -0.430. The van der Waals surface area contributed by atoms with Crippen LogP contribution >= 0.6 is 0 Å². The van der Waals surface area contributed by atoms with Gasteiger partial charge in [0, 0.05) is 19.6 Å². The summed E-state index contributed by atoms with van der Waals surface area (Å²) in [5, 5.41) is 12.7. The van der Waals surface area contributed by atoms with Crippen molar-refractivity contribution in [3.8, 4) is 0 Å². The van der Waals surface area contributed by atoms with Crippen LogP contribution in [0.2, 0.25) is 0 Å². The molecule has 0 spiro atoms. The Morgan fingerprint density at radius 1 is 1.16 bits per heavy atom. The van der Waals surface area contributed by atoms with Crippen molar-refractivity contribution in [2.75, 3.05) is 19.8 Å². The van der Waals surface area contributed by atoms with E-state index in [-0.39, 0.29) is 12.5 Å². The van der Waals surface area contributed by atoms with Crippen molar-refractivity contribution >= 4 is 5.91 Å². The second-order valence-electron chi connectivity index (χ2n) is 6.16. The van der Waals surface area contributed by atoms with Crippen LogP contribution in [0.4, 0.5) is 0 Å². The highest BCUT2D eigenvalue weighted by atomic mass is 16.5. The van der Waals surface area contributed by atoms with Gasteiger partial charge in [-0.15, -0.1) is 0 Å². The minimum Gasteiger partial charge on any atom is -0.394 e. The van der Waals surface area contributed by atoms with E-state index in [2.05, 4.69) is 5.32 Å². The first-order valence-corrected chi connectivity index (χ1v) is 7.74. The number of aliphatic hydroxyl groups is 1. The lowest BCUT2D eigenvalue weighted by molar-refractivity contribution is -0.126. The lowest BCUT2D eigenvalue weighted by atomic mass is 9.89. The summed E-state index contributed by atoms with van der Waals surface area (Å²) in [6.45, 7) is 1.28. The van der Waals surface area contributed by atoms with Gasteiger partial charge in [-0.3, -0.25) is 4.79 Å². The van der Waals surface area contributed by atoms with Crippen molar-refractivity contribution in [1.82, 2.24) is 5.32 Å². The molecule has 4 heteroatoms. The average Bonchev–Trinajstić information content (AvgIpc) is 2.68. The van der Waals surface area contributed by atoms with Crippen LogP contribution in [0.5, 0.6) is 0 Å². The monoisotopic (exact) mass is 269 g/mol. The van der Waals surface area contributed by atoms with Crippen LogP contribution in [-0.2, 0) is 9.53 Å². The van der Waals surface area contributed by atoms with Gasteiger partial charge in [-0.1, -0.05) is 25.7 Å². The Labute approximate surface area is 115 Å². The van der Waals surface area contributed by atoms with E-state index in [0.717, 1.165) is 12.8 Å². The summed E-state index contributed by atoms with van der Waals surface area (Å²) in [5.74, 6) is 0.654. The fourth-order valence-electron chi connectivity index (χ4n) is 3.26. The Balaban J connectivity index is 1.81. The quantitative estimate of drug-likeness (QED) is 0.768. The van der Waals surface area contributed by atoms with Gasteiger partial charge >= 0.3 is 0 Å². The Morgan fingerprint density at radius 3 is 2.37 bits per heavy atom. The van der Waals surface area contributed by atoms with Crippen LogP contribution in [0.25, 0.3) is 0 Å². The van der Waals surface area contributed by atoms with E-state index < -0.39 is 5.54 Å². The molecule has 19 heavy (non-hydrogen) atoms. The largest absolute Gasteiger partial charge is 0.394 e. The van der Waals surface area contributed by atoms with Crippen molar-refractivity contribution in [3.05, 3.63) is 0 Å². The van der Waals surface area contributed by atoms with Crippen LogP contribution in [0, 0.1) is 5.92 Å². The number of ether oxygens (including phenoxy) is 1. The Hall–Kier alpha value is -0.610. The molecule has 0 unspecified atom stereocenters. The van der Waals surface area contributed by atoms with E-state index >= 15 is 0 Å². The third kappa shape index (κ3) is 4.46. The highest BCUT2D eigenvalue weighted by Crippen LogP contribution is 2.26. The molecule has 0 aromatic heterocycles. The third-order valence-electron chi connectivity index (χ3n) is 4.61. The van der Waals surface area contributed by atoms with Crippen molar-refractivity contribution in [2.45, 2.75) is 63.3 Å². The lowest BCUT2D eigenvalue weighted by Crippen LogP contribution is -2.54. The predicted molar refractivity (Wildman–Crippen MR) is 73.8 cm³/mol. The molecule has 1 saturated heterocycles. The van der Waals surface area contributed by atoms with Crippen LogP contribution in [0.3, 0.4) is 0 Å². The number of carbonyl (C=O) groups is 1. The first kappa shape index (κ1) is 14.8. The van der Waals surface area contributed by atoms with Crippen LogP contribution in [0.1, 0.15) is 57.8 Å². The SMILES string of the molecule is O=C(CC1CCCCCC1)NC1(CO)CCOCC1. The van der Waals surface area contributed by atoms with E-state index in [1.807, 2.05) is 0 Å². The molecule has 0 bridgehead atoms. The normalized spacial score (nSPS) is 24.7. The molecule has 1 saturated carbocycles. The number of aliphatic hydroxyl groups excluding tert-OH is 1. The maximum atomic E-state index is 12.2. The van der Waals surface area contributed by atoms with E-state index in [0.29, 0.717) is 25.6 Å². The molecule has 1 aliphatic carbocycles. The van der Waals surface area contributed by atoms with Gasteiger partial charge in [-0.25, -0.2) is 0 Å². The summed E-state index contributed by atoms with van der Waals surface area (Å²) < 4.78 is 5.31. The van der Waals surface area contributed by atoms with E-state index in [9.17, 15) is 9.90 Å². The molecule has 2 aliphatic rings. The van der Waals surface area contributed by atoms with E-state index in [4.69, 9.17) is 4.74 Å². The second kappa shape index (κ2) is 7.25. The highest BCUT2D eigenvalue weighted by molar-refractivity contribution is 5.77. The van der Waals surface area contributed by atoms with Crippen molar-refractivity contribution in [1.29, 1.82) is 0 Å². The number of rotatable bonds is 4. The molecule has 2 N–H and O–H groups in total. The van der Waals surface area contributed by atoms with Crippen molar-refractivity contribution < 1.29 is 14.6 Å². The second-order valence-corrected chi connectivity index (χ2v) is 6.16. The summed E-state index contributed by atoms with van der Waals surface area (Å²) in [5.41, 5.74) is -0.430. The summed E-state index contributed by atoms with van der Waals surface area (Å²) in [7, 11) is 0. The zero-order valence-electron chi connectivity index (χ0n) is 11.8. The van der Waals surface area contributed by atoms with Crippen LogP contribution in [-0.4, -0.2) is 36.4 Å². The molecule has 0 atom stereocenters. The van der Waals surface area contributed by atoms with Gasteiger partial charge in [-0.2, -0.15) is 0 Å². The Bertz CT molecular complexity index is 279. The third-order valence-corrected chi connectivity index (χ3v) is 4.61. The molecular formula is C15H27NO3. The van der Waals surface area contributed by atoms with Crippen molar-refractivity contribution in [2.24, 2.45) is 5.92 Å².